The maximum Gasteiger partial charge on any atom is 0.225 e. The summed E-state index contributed by atoms with van der Waals surface area (Å²) in [6.07, 6.45) is 6.34. The van der Waals surface area contributed by atoms with Crippen molar-refractivity contribution >= 4 is 5.91 Å². The van der Waals surface area contributed by atoms with Crippen molar-refractivity contribution < 1.29 is 4.79 Å². The van der Waals surface area contributed by atoms with Crippen molar-refractivity contribution in [2.75, 3.05) is 7.05 Å². The lowest BCUT2D eigenvalue weighted by Gasteiger charge is -2.32. The predicted molar refractivity (Wildman–Crippen MR) is 65.8 cm³/mol. The fourth-order valence-corrected chi connectivity index (χ4v) is 2.06. The lowest BCUT2D eigenvalue weighted by Crippen LogP contribution is -2.40. The van der Waals surface area contributed by atoms with Crippen molar-refractivity contribution in [1.29, 1.82) is 0 Å². The van der Waals surface area contributed by atoms with Crippen molar-refractivity contribution in [1.82, 2.24) is 4.90 Å². The van der Waals surface area contributed by atoms with Crippen LogP contribution in [-0.4, -0.2) is 23.9 Å². The van der Waals surface area contributed by atoms with Gasteiger partial charge in [0.15, 0.2) is 0 Å². The van der Waals surface area contributed by atoms with Gasteiger partial charge in [-0.2, -0.15) is 0 Å². The van der Waals surface area contributed by atoms with Crippen LogP contribution in [0.2, 0.25) is 0 Å². The van der Waals surface area contributed by atoms with Gasteiger partial charge in [0.05, 0.1) is 0 Å². The molecule has 2 nitrogen and oxygen atoms in total. The number of hydrogen-bond acceptors (Lipinski definition) is 1. The third kappa shape index (κ3) is 4.67. The number of hydrogen-bond donors (Lipinski definition) is 0. The Balaban J connectivity index is 0.000000921. The summed E-state index contributed by atoms with van der Waals surface area (Å²) < 4.78 is 0. The molecule has 1 amide bonds. The summed E-state index contributed by atoms with van der Waals surface area (Å²) in [5.41, 5.74) is 0. The second-order valence-corrected chi connectivity index (χ2v) is 4.40. The van der Waals surface area contributed by atoms with Gasteiger partial charge < -0.3 is 4.90 Å². The van der Waals surface area contributed by atoms with Crippen LogP contribution in [0.4, 0.5) is 0 Å². The molecule has 90 valence electrons. The van der Waals surface area contributed by atoms with Crippen LogP contribution < -0.4 is 0 Å². The molecule has 1 rings (SSSR count). The summed E-state index contributed by atoms with van der Waals surface area (Å²) in [5.74, 6) is 0.443. The van der Waals surface area contributed by atoms with Crippen LogP contribution in [0, 0.1) is 5.92 Å². The van der Waals surface area contributed by atoms with Gasteiger partial charge in [0.2, 0.25) is 5.91 Å². The molecule has 0 radical (unpaired) electrons. The molecule has 1 aliphatic carbocycles. The molecule has 0 aromatic heterocycles. The Hall–Kier alpha value is -0.530. The minimum atomic E-state index is 0.145. The molecule has 1 aliphatic rings. The molecule has 0 saturated heterocycles. The van der Waals surface area contributed by atoms with Gasteiger partial charge in [-0.3, -0.25) is 4.79 Å². The van der Waals surface area contributed by atoms with Gasteiger partial charge in [-0.25, -0.2) is 0 Å². The number of rotatable bonds is 2. The molecule has 1 fully saturated rings. The molecule has 0 aromatic rings. The molecule has 0 heterocycles. The van der Waals surface area contributed by atoms with E-state index in [0.29, 0.717) is 11.9 Å². The highest BCUT2D eigenvalue weighted by molar-refractivity contribution is 5.78. The average molecular weight is 213 g/mol. The fraction of sp³-hybridized carbons (Fsp3) is 0.923. The van der Waals surface area contributed by atoms with E-state index in [1.807, 2.05) is 39.6 Å². The first-order chi connectivity index (χ1) is 7.13. The second kappa shape index (κ2) is 7.72. The van der Waals surface area contributed by atoms with Gasteiger partial charge in [0.1, 0.15) is 0 Å². The second-order valence-electron chi connectivity index (χ2n) is 4.40. The van der Waals surface area contributed by atoms with E-state index in [2.05, 4.69) is 0 Å². The van der Waals surface area contributed by atoms with Crippen molar-refractivity contribution in [3.05, 3.63) is 0 Å². The van der Waals surface area contributed by atoms with Crippen LogP contribution in [-0.2, 0) is 4.79 Å². The molecule has 0 spiro atoms. The standard InChI is InChI=1S/C11H21NO.C2H6/c1-9(2)11(13)12(3)10-7-5-4-6-8-10;1-2/h9-10H,4-8H2,1-3H3;1-2H3. The summed E-state index contributed by atoms with van der Waals surface area (Å²) in [5, 5.41) is 0. The first-order valence-electron chi connectivity index (χ1n) is 6.39. The minimum Gasteiger partial charge on any atom is -0.343 e. The van der Waals surface area contributed by atoms with Gasteiger partial charge in [0, 0.05) is 19.0 Å². The van der Waals surface area contributed by atoms with Crippen molar-refractivity contribution in [2.24, 2.45) is 5.92 Å². The average Bonchev–Trinajstić information content (AvgIpc) is 2.31. The molecule has 15 heavy (non-hydrogen) atoms. The van der Waals surface area contributed by atoms with Crippen LogP contribution in [0.25, 0.3) is 0 Å². The van der Waals surface area contributed by atoms with Crippen LogP contribution in [0.15, 0.2) is 0 Å². The lowest BCUT2D eigenvalue weighted by molar-refractivity contribution is -0.135. The molecule has 0 unspecified atom stereocenters. The monoisotopic (exact) mass is 213 g/mol. The van der Waals surface area contributed by atoms with E-state index in [9.17, 15) is 4.79 Å². The summed E-state index contributed by atoms with van der Waals surface area (Å²) in [6.45, 7) is 7.95. The topological polar surface area (TPSA) is 20.3 Å². The zero-order chi connectivity index (χ0) is 11.8. The van der Waals surface area contributed by atoms with Gasteiger partial charge >= 0.3 is 0 Å². The number of carbonyl (C=O) groups is 1. The third-order valence-corrected chi connectivity index (χ3v) is 2.96. The largest absolute Gasteiger partial charge is 0.343 e. The van der Waals surface area contributed by atoms with Crippen molar-refractivity contribution in [3.63, 3.8) is 0 Å². The van der Waals surface area contributed by atoms with Crippen molar-refractivity contribution in [3.8, 4) is 0 Å². The Kier molecular flexibility index (Phi) is 7.45. The van der Waals surface area contributed by atoms with Gasteiger partial charge in [0.25, 0.3) is 0 Å². The number of amides is 1. The van der Waals surface area contributed by atoms with Gasteiger partial charge in [-0.15, -0.1) is 0 Å². The summed E-state index contributed by atoms with van der Waals surface area (Å²) in [4.78, 5) is 13.6. The summed E-state index contributed by atoms with van der Waals surface area (Å²) in [7, 11) is 1.96. The summed E-state index contributed by atoms with van der Waals surface area (Å²) >= 11 is 0. The molecular formula is C13H27NO. The number of carbonyl (C=O) groups excluding carboxylic acids is 1. The Morgan fingerprint density at radius 3 is 2.00 bits per heavy atom. The smallest absolute Gasteiger partial charge is 0.225 e. The third-order valence-electron chi connectivity index (χ3n) is 2.96. The highest BCUT2D eigenvalue weighted by Crippen LogP contribution is 2.22. The minimum absolute atomic E-state index is 0.145. The van der Waals surface area contributed by atoms with Gasteiger partial charge in [-0.05, 0) is 12.8 Å². The SMILES string of the molecule is CC.CC(C)C(=O)N(C)C1CCCCC1. The Bertz CT molecular complexity index is 171. The van der Waals surface area contributed by atoms with Crippen LogP contribution in [0.5, 0.6) is 0 Å². The van der Waals surface area contributed by atoms with E-state index in [0.717, 1.165) is 0 Å². The first-order valence-corrected chi connectivity index (χ1v) is 6.39. The van der Waals surface area contributed by atoms with E-state index >= 15 is 0 Å². The molecule has 0 N–H and O–H groups in total. The zero-order valence-electron chi connectivity index (χ0n) is 11.0. The molecular weight excluding hydrogens is 186 g/mol. The highest BCUT2D eigenvalue weighted by Gasteiger charge is 2.23. The predicted octanol–water partition coefficient (Wildman–Crippen LogP) is 3.46. The zero-order valence-corrected chi connectivity index (χ0v) is 11.0. The Morgan fingerprint density at radius 2 is 1.60 bits per heavy atom. The fourth-order valence-electron chi connectivity index (χ4n) is 2.06. The van der Waals surface area contributed by atoms with Gasteiger partial charge in [-0.1, -0.05) is 47.0 Å². The van der Waals surface area contributed by atoms with E-state index in [4.69, 9.17) is 0 Å². The Morgan fingerprint density at radius 1 is 1.13 bits per heavy atom. The molecule has 0 aromatic carbocycles. The van der Waals surface area contributed by atoms with Crippen LogP contribution in [0.3, 0.4) is 0 Å². The number of nitrogens with zero attached hydrogens (tertiary/aromatic N) is 1. The molecule has 1 saturated carbocycles. The van der Waals surface area contributed by atoms with E-state index in [1.54, 1.807) is 0 Å². The maximum atomic E-state index is 11.7. The van der Waals surface area contributed by atoms with E-state index in [1.165, 1.54) is 32.1 Å². The molecule has 0 aliphatic heterocycles. The van der Waals surface area contributed by atoms with Crippen LogP contribution in [0.1, 0.15) is 59.8 Å². The molecule has 2 heteroatoms. The molecule has 0 bridgehead atoms. The quantitative estimate of drug-likeness (QED) is 0.688. The lowest BCUT2D eigenvalue weighted by atomic mass is 9.94. The molecule has 0 atom stereocenters. The first kappa shape index (κ1) is 14.5. The van der Waals surface area contributed by atoms with Crippen molar-refractivity contribution in [2.45, 2.75) is 65.8 Å². The Labute approximate surface area is 95.0 Å². The normalized spacial score (nSPS) is 16.9. The summed E-state index contributed by atoms with van der Waals surface area (Å²) in [6, 6.07) is 0.517. The highest BCUT2D eigenvalue weighted by atomic mass is 16.2. The van der Waals surface area contributed by atoms with E-state index in [-0.39, 0.29) is 5.92 Å². The maximum absolute atomic E-state index is 11.7. The van der Waals surface area contributed by atoms with Crippen LogP contribution >= 0.6 is 0 Å². The van der Waals surface area contributed by atoms with E-state index < -0.39 is 0 Å².